The first kappa shape index (κ1) is 13.4. The van der Waals surface area contributed by atoms with E-state index in [1.54, 1.807) is 36.5 Å². The summed E-state index contributed by atoms with van der Waals surface area (Å²) in [6, 6.07) is 10.4. The van der Waals surface area contributed by atoms with Crippen LogP contribution in [-0.2, 0) is 4.74 Å². The smallest absolute Gasteiger partial charge is 0.339 e. The van der Waals surface area contributed by atoms with Crippen LogP contribution in [0.25, 0.3) is 0 Å². The number of aromatic nitrogens is 1. The Bertz CT molecular complexity index is 628. The molecule has 0 aliphatic rings. The predicted octanol–water partition coefficient (Wildman–Crippen LogP) is 2.20. The van der Waals surface area contributed by atoms with Crippen LogP contribution in [0.3, 0.4) is 0 Å². The highest BCUT2D eigenvalue weighted by Gasteiger charge is 2.06. The second-order valence-corrected chi connectivity index (χ2v) is 3.95. The second-order valence-electron chi connectivity index (χ2n) is 3.95. The van der Waals surface area contributed by atoms with Crippen molar-refractivity contribution in [3.05, 3.63) is 48.2 Å². The Morgan fingerprint density at radius 1 is 1.25 bits per heavy atom. The number of terminal acetylenes is 1. The molecule has 1 heterocycles. The van der Waals surface area contributed by atoms with Crippen molar-refractivity contribution >= 4 is 23.2 Å². The number of nitrogens with one attached hydrogen (secondary N) is 1. The van der Waals surface area contributed by atoms with Crippen molar-refractivity contribution in [1.29, 1.82) is 0 Å². The fourth-order valence-electron chi connectivity index (χ4n) is 1.53. The van der Waals surface area contributed by atoms with Gasteiger partial charge in [0.2, 0.25) is 0 Å². The van der Waals surface area contributed by atoms with E-state index in [0.29, 0.717) is 11.4 Å². The highest BCUT2D eigenvalue weighted by molar-refractivity contribution is 5.90. The lowest BCUT2D eigenvalue weighted by Gasteiger charge is -2.07. The molecule has 0 amide bonds. The van der Waals surface area contributed by atoms with Crippen molar-refractivity contribution in [2.24, 2.45) is 0 Å². The summed E-state index contributed by atoms with van der Waals surface area (Å²) in [6.07, 6.45) is 6.65. The molecule has 2 aromatic rings. The molecule has 0 aliphatic heterocycles. The number of carbonyl (C=O) groups excluding carboxylic acids is 1. The Kier molecular flexibility index (Phi) is 4.20. The first-order valence-corrected chi connectivity index (χ1v) is 5.88. The molecule has 0 fully saturated rings. The van der Waals surface area contributed by atoms with Gasteiger partial charge in [-0.2, -0.15) is 0 Å². The zero-order valence-electron chi connectivity index (χ0n) is 10.7. The normalized spacial score (nSPS) is 9.55. The molecule has 5 heteroatoms. The van der Waals surface area contributed by atoms with Gasteiger partial charge in [-0.1, -0.05) is 5.92 Å². The van der Waals surface area contributed by atoms with E-state index in [2.05, 4.69) is 16.2 Å². The Hall–Kier alpha value is -3.00. The van der Waals surface area contributed by atoms with Crippen molar-refractivity contribution in [3.63, 3.8) is 0 Å². The summed E-state index contributed by atoms with van der Waals surface area (Å²) in [7, 11) is 0. The van der Waals surface area contributed by atoms with Crippen LogP contribution in [0.5, 0.6) is 0 Å². The molecular formula is C15H13N3O2. The SMILES string of the molecule is C#CCOC(=O)c1ccc(Nc2ccc(N)nc2)cc1. The number of carbonyl (C=O) groups is 1. The van der Waals surface area contributed by atoms with Crippen LogP contribution in [0.2, 0.25) is 0 Å². The van der Waals surface area contributed by atoms with Crippen LogP contribution >= 0.6 is 0 Å². The fourth-order valence-corrected chi connectivity index (χ4v) is 1.53. The third kappa shape index (κ3) is 3.50. The van der Waals surface area contributed by atoms with Crippen LogP contribution < -0.4 is 11.1 Å². The lowest BCUT2D eigenvalue weighted by atomic mass is 10.2. The molecule has 20 heavy (non-hydrogen) atoms. The molecule has 1 aromatic heterocycles. The molecule has 0 radical (unpaired) electrons. The monoisotopic (exact) mass is 267 g/mol. The molecule has 0 aliphatic carbocycles. The molecule has 0 saturated carbocycles. The van der Waals surface area contributed by atoms with Gasteiger partial charge in [0.15, 0.2) is 6.61 Å². The summed E-state index contributed by atoms with van der Waals surface area (Å²) in [5.74, 6) is 2.26. The van der Waals surface area contributed by atoms with E-state index in [9.17, 15) is 4.79 Å². The lowest BCUT2D eigenvalue weighted by Crippen LogP contribution is -2.05. The molecule has 0 unspecified atom stereocenters. The Balaban J connectivity index is 2.03. The molecule has 0 spiro atoms. The average molecular weight is 267 g/mol. The summed E-state index contributed by atoms with van der Waals surface area (Å²) in [4.78, 5) is 15.5. The quantitative estimate of drug-likeness (QED) is 0.656. The zero-order valence-corrected chi connectivity index (χ0v) is 10.7. The third-order valence-electron chi connectivity index (χ3n) is 2.48. The van der Waals surface area contributed by atoms with Crippen LogP contribution in [0, 0.1) is 12.3 Å². The number of esters is 1. The van der Waals surface area contributed by atoms with Gasteiger partial charge >= 0.3 is 5.97 Å². The molecule has 3 N–H and O–H groups in total. The van der Waals surface area contributed by atoms with Crippen LogP contribution in [0.15, 0.2) is 42.6 Å². The van der Waals surface area contributed by atoms with Gasteiger partial charge in [-0.05, 0) is 36.4 Å². The van der Waals surface area contributed by atoms with Gasteiger partial charge in [0, 0.05) is 5.69 Å². The van der Waals surface area contributed by atoms with Crippen molar-refractivity contribution in [1.82, 2.24) is 4.98 Å². The number of nitrogens with two attached hydrogens (primary N) is 1. The first-order valence-electron chi connectivity index (χ1n) is 5.88. The average Bonchev–Trinajstić information content (AvgIpc) is 2.48. The molecule has 5 nitrogen and oxygen atoms in total. The van der Waals surface area contributed by atoms with Gasteiger partial charge in [0.25, 0.3) is 0 Å². The number of rotatable bonds is 4. The van der Waals surface area contributed by atoms with Crippen molar-refractivity contribution in [2.45, 2.75) is 0 Å². The fraction of sp³-hybridized carbons (Fsp3) is 0.0667. The van der Waals surface area contributed by atoms with Gasteiger partial charge in [-0.25, -0.2) is 9.78 Å². The lowest BCUT2D eigenvalue weighted by molar-refractivity contribution is 0.0557. The summed E-state index contributed by atoms with van der Waals surface area (Å²) in [5.41, 5.74) is 7.59. The zero-order chi connectivity index (χ0) is 14.4. The number of pyridine rings is 1. The van der Waals surface area contributed by atoms with Gasteiger partial charge < -0.3 is 15.8 Å². The largest absolute Gasteiger partial charge is 0.449 e. The topological polar surface area (TPSA) is 77.2 Å². The molecule has 2 rings (SSSR count). The van der Waals surface area contributed by atoms with Crippen LogP contribution in [-0.4, -0.2) is 17.6 Å². The maximum Gasteiger partial charge on any atom is 0.339 e. The molecule has 0 atom stereocenters. The first-order chi connectivity index (χ1) is 9.69. The highest BCUT2D eigenvalue weighted by atomic mass is 16.5. The number of hydrogen-bond acceptors (Lipinski definition) is 5. The number of anilines is 3. The van der Waals surface area contributed by atoms with Gasteiger partial charge in [0.1, 0.15) is 5.82 Å². The Labute approximate surface area is 116 Å². The maximum atomic E-state index is 11.5. The summed E-state index contributed by atoms with van der Waals surface area (Å²) in [6.45, 7) is -0.0318. The standard InChI is InChI=1S/C15H13N3O2/c1-2-9-20-15(19)11-3-5-12(6-4-11)18-13-7-8-14(16)17-10-13/h1,3-8,10,18H,9H2,(H2,16,17). The van der Waals surface area contributed by atoms with E-state index < -0.39 is 5.97 Å². The van der Waals surface area contributed by atoms with E-state index in [1.807, 2.05) is 6.07 Å². The minimum absolute atomic E-state index is 0.0318. The van der Waals surface area contributed by atoms with Crippen molar-refractivity contribution in [3.8, 4) is 12.3 Å². The summed E-state index contributed by atoms with van der Waals surface area (Å²) in [5, 5.41) is 3.14. The molecule has 0 bridgehead atoms. The maximum absolute atomic E-state index is 11.5. The molecule has 100 valence electrons. The van der Waals surface area contributed by atoms with Crippen LogP contribution in [0.1, 0.15) is 10.4 Å². The second kappa shape index (κ2) is 6.25. The highest BCUT2D eigenvalue weighted by Crippen LogP contribution is 2.17. The number of nitrogens with zero attached hydrogens (tertiary/aromatic N) is 1. The minimum atomic E-state index is -0.441. The van der Waals surface area contributed by atoms with E-state index in [-0.39, 0.29) is 6.61 Å². The minimum Gasteiger partial charge on any atom is -0.449 e. The van der Waals surface area contributed by atoms with Crippen LogP contribution in [0.4, 0.5) is 17.2 Å². The van der Waals surface area contributed by atoms with Gasteiger partial charge in [-0.15, -0.1) is 6.42 Å². The van der Waals surface area contributed by atoms with E-state index in [4.69, 9.17) is 16.9 Å². The Morgan fingerprint density at radius 2 is 1.95 bits per heavy atom. The Morgan fingerprint density at radius 3 is 2.55 bits per heavy atom. The van der Waals surface area contributed by atoms with Crippen molar-refractivity contribution < 1.29 is 9.53 Å². The summed E-state index contributed by atoms with van der Waals surface area (Å²) < 4.78 is 4.83. The predicted molar refractivity (Wildman–Crippen MR) is 77.5 cm³/mol. The summed E-state index contributed by atoms with van der Waals surface area (Å²) >= 11 is 0. The van der Waals surface area contributed by atoms with Gasteiger partial charge in [0.05, 0.1) is 17.4 Å². The van der Waals surface area contributed by atoms with Crippen molar-refractivity contribution in [2.75, 3.05) is 17.7 Å². The molecule has 1 aromatic carbocycles. The number of benzene rings is 1. The van der Waals surface area contributed by atoms with E-state index in [1.165, 1.54) is 0 Å². The number of nitrogen functional groups attached to an aromatic ring is 1. The number of ether oxygens (including phenoxy) is 1. The molecular weight excluding hydrogens is 254 g/mol. The van der Waals surface area contributed by atoms with E-state index in [0.717, 1.165) is 11.4 Å². The molecule has 0 saturated heterocycles. The van der Waals surface area contributed by atoms with Gasteiger partial charge in [-0.3, -0.25) is 0 Å². The third-order valence-corrected chi connectivity index (χ3v) is 2.48. The number of hydrogen-bond donors (Lipinski definition) is 2. The van der Waals surface area contributed by atoms with E-state index >= 15 is 0 Å².